The molecule has 0 saturated carbocycles. The maximum absolute atomic E-state index is 12.9. The fourth-order valence-electron chi connectivity index (χ4n) is 3.39. The largest absolute Gasteiger partial charge is 0.378 e. The normalized spacial score (nSPS) is 13.0. The summed E-state index contributed by atoms with van der Waals surface area (Å²) in [5, 5.41) is 5.82. The molecular formula is C21H29N5O2. The van der Waals surface area contributed by atoms with Crippen molar-refractivity contribution in [2.75, 3.05) is 30.9 Å². The zero-order valence-electron chi connectivity index (χ0n) is 16.9. The van der Waals surface area contributed by atoms with E-state index in [0.29, 0.717) is 30.3 Å². The Morgan fingerprint density at radius 3 is 2.57 bits per heavy atom. The molecule has 0 unspecified atom stereocenters. The van der Waals surface area contributed by atoms with Gasteiger partial charge in [0.1, 0.15) is 5.69 Å². The van der Waals surface area contributed by atoms with Crippen LogP contribution in [-0.4, -0.2) is 42.0 Å². The van der Waals surface area contributed by atoms with Crippen molar-refractivity contribution in [3.8, 4) is 0 Å². The molecule has 0 radical (unpaired) electrons. The molecular weight excluding hydrogens is 354 g/mol. The molecule has 3 rings (SSSR count). The number of carbonyl (C=O) groups excluding carboxylic acids is 2. The second-order valence-electron chi connectivity index (χ2n) is 7.34. The van der Waals surface area contributed by atoms with Gasteiger partial charge in [-0.2, -0.15) is 0 Å². The van der Waals surface area contributed by atoms with Crippen LogP contribution in [0.1, 0.15) is 59.4 Å². The number of nitrogens with zero attached hydrogens (tertiary/aromatic N) is 3. The van der Waals surface area contributed by atoms with Crippen LogP contribution in [0.3, 0.4) is 0 Å². The zero-order valence-corrected chi connectivity index (χ0v) is 16.9. The lowest BCUT2D eigenvalue weighted by Crippen LogP contribution is -2.26. The highest BCUT2D eigenvalue weighted by Crippen LogP contribution is 2.22. The average Bonchev–Trinajstić information content (AvgIpc) is 3.08. The van der Waals surface area contributed by atoms with E-state index in [9.17, 15) is 9.59 Å². The predicted molar refractivity (Wildman–Crippen MR) is 111 cm³/mol. The Kier molecular flexibility index (Phi) is 6.34. The molecule has 0 bridgehead atoms. The third-order valence-electron chi connectivity index (χ3n) is 4.99. The quantitative estimate of drug-likeness (QED) is 0.720. The number of aromatic nitrogens is 2. The van der Waals surface area contributed by atoms with Crippen molar-refractivity contribution in [2.45, 2.75) is 45.6 Å². The first kappa shape index (κ1) is 19.9. The van der Waals surface area contributed by atoms with Crippen LogP contribution in [0.25, 0.3) is 0 Å². The molecule has 2 amide bonds. The summed E-state index contributed by atoms with van der Waals surface area (Å²) >= 11 is 0. The second kappa shape index (κ2) is 8.91. The summed E-state index contributed by atoms with van der Waals surface area (Å²) in [6.07, 6.45) is 4.71. The molecule has 2 N–H and O–H groups in total. The number of imidazole rings is 1. The summed E-state index contributed by atoms with van der Waals surface area (Å²) in [6, 6.07) is 7.63. The fraction of sp³-hybridized carbons (Fsp3) is 0.476. The molecule has 150 valence electrons. The van der Waals surface area contributed by atoms with Crippen LogP contribution in [0.4, 0.5) is 11.4 Å². The number of hydrogen-bond donors (Lipinski definition) is 2. The van der Waals surface area contributed by atoms with E-state index >= 15 is 0 Å². The van der Waals surface area contributed by atoms with Crippen LogP contribution < -0.4 is 15.5 Å². The Labute approximate surface area is 166 Å². The van der Waals surface area contributed by atoms with Gasteiger partial charge in [0.15, 0.2) is 5.82 Å². The molecule has 0 fully saturated rings. The van der Waals surface area contributed by atoms with Crippen LogP contribution in [0.2, 0.25) is 0 Å². The van der Waals surface area contributed by atoms with Gasteiger partial charge in [-0.15, -0.1) is 0 Å². The number of nitrogens with one attached hydrogen (secondary N) is 2. The van der Waals surface area contributed by atoms with Crippen molar-refractivity contribution in [2.24, 2.45) is 0 Å². The first-order chi connectivity index (χ1) is 13.5. The third kappa shape index (κ3) is 4.35. The number of benzene rings is 1. The first-order valence-corrected chi connectivity index (χ1v) is 9.97. The summed E-state index contributed by atoms with van der Waals surface area (Å²) in [5.74, 6) is -0.158. The van der Waals surface area contributed by atoms with E-state index in [1.807, 2.05) is 47.8 Å². The Morgan fingerprint density at radius 1 is 1.14 bits per heavy atom. The van der Waals surface area contributed by atoms with Crippen molar-refractivity contribution < 1.29 is 9.59 Å². The van der Waals surface area contributed by atoms with Gasteiger partial charge in [-0.1, -0.05) is 13.3 Å². The van der Waals surface area contributed by atoms with Gasteiger partial charge in [0.2, 0.25) is 0 Å². The summed E-state index contributed by atoms with van der Waals surface area (Å²) in [7, 11) is 3.94. The number of unbranched alkanes of at least 4 members (excludes halogenated alkanes) is 1. The lowest BCUT2D eigenvalue weighted by atomic mass is 10.1. The smallest absolute Gasteiger partial charge is 0.291 e. The van der Waals surface area contributed by atoms with E-state index in [-0.39, 0.29) is 11.8 Å². The number of fused-ring (bicyclic) bond motifs is 1. The standard InChI is InChI=1S/C21H29N5O2/c1-4-5-13-22-20(27)18-17-8-6-7-14-26(17)19(24-18)21(28)23-15-9-11-16(12-10-15)25(2)3/h9-12H,4-8,13-14H2,1-3H3,(H,22,27)(H,23,28). The van der Waals surface area contributed by atoms with Crippen LogP contribution >= 0.6 is 0 Å². The van der Waals surface area contributed by atoms with Crippen LogP contribution in [0.5, 0.6) is 0 Å². The van der Waals surface area contributed by atoms with Gasteiger partial charge < -0.3 is 20.1 Å². The van der Waals surface area contributed by atoms with Gasteiger partial charge in [-0.3, -0.25) is 9.59 Å². The van der Waals surface area contributed by atoms with Crippen molar-refractivity contribution in [1.29, 1.82) is 0 Å². The van der Waals surface area contributed by atoms with Crippen molar-refractivity contribution >= 4 is 23.2 Å². The van der Waals surface area contributed by atoms with Gasteiger partial charge in [0.05, 0.1) is 5.69 Å². The highest BCUT2D eigenvalue weighted by molar-refractivity contribution is 6.03. The van der Waals surface area contributed by atoms with Gasteiger partial charge in [-0.05, 0) is 49.9 Å². The van der Waals surface area contributed by atoms with Crippen molar-refractivity contribution in [1.82, 2.24) is 14.9 Å². The lowest BCUT2D eigenvalue weighted by molar-refractivity contribution is 0.0947. The van der Waals surface area contributed by atoms with E-state index in [0.717, 1.165) is 43.5 Å². The topological polar surface area (TPSA) is 79.3 Å². The van der Waals surface area contributed by atoms with E-state index in [1.165, 1.54) is 0 Å². The Balaban J connectivity index is 1.80. The van der Waals surface area contributed by atoms with Gasteiger partial charge in [-0.25, -0.2) is 4.98 Å². The highest BCUT2D eigenvalue weighted by Gasteiger charge is 2.27. The number of anilines is 2. The Morgan fingerprint density at radius 2 is 1.89 bits per heavy atom. The molecule has 7 heteroatoms. The minimum absolute atomic E-state index is 0.187. The molecule has 2 aromatic rings. The molecule has 7 nitrogen and oxygen atoms in total. The number of rotatable bonds is 7. The molecule has 1 aromatic carbocycles. The number of amides is 2. The van der Waals surface area contributed by atoms with Crippen LogP contribution in [0.15, 0.2) is 24.3 Å². The highest BCUT2D eigenvalue weighted by atomic mass is 16.2. The first-order valence-electron chi connectivity index (χ1n) is 9.97. The molecule has 2 heterocycles. The van der Waals surface area contributed by atoms with E-state index in [4.69, 9.17) is 0 Å². The molecule has 28 heavy (non-hydrogen) atoms. The summed E-state index contributed by atoms with van der Waals surface area (Å²) in [6.45, 7) is 3.42. The summed E-state index contributed by atoms with van der Waals surface area (Å²) in [5.41, 5.74) is 3.03. The Hall–Kier alpha value is -2.83. The maximum Gasteiger partial charge on any atom is 0.291 e. The molecule has 0 saturated heterocycles. The zero-order chi connectivity index (χ0) is 20.1. The minimum Gasteiger partial charge on any atom is -0.378 e. The fourth-order valence-corrected chi connectivity index (χ4v) is 3.39. The monoisotopic (exact) mass is 383 g/mol. The Bertz CT molecular complexity index is 839. The van der Waals surface area contributed by atoms with Crippen molar-refractivity contribution in [3.05, 3.63) is 41.5 Å². The van der Waals surface area contributed by atoms with E-state index < -0.39 is 0 Å². The molecule has 0 aliphatic carbocycles. The predicted octanol–water partition coefficient (Wildman–Crippen LogP) is 3.07. The maximum atomic E-state index is 12.9. The molecule has 1 aromatic heterocycles. The van der Waals surface area contributed by atoms with Crippen molar-refractivity contribution in [3.63, 3.8) is 0 Å². The van der Waals surface area contributed by atoms with E-state index in [1.54, 1.807) is 0 Å². The van der Waals surface area contributed by atoms with E-state index in [2.05, 4.69) is 22.5 Å². The summed E-state index contributed by atoms with van der Waals surface area (Å²) in [4.78, 5) is 31.9. The molecule has 1 aliphatic rings. The lowest BCUT2D eigenvalue weighted by Gasteiger charge is -2.17. The third-order valence-corrected chi connectivity index (χ3v) is 4.99. The van der Waals surface area contributed by atoms with Gasteiger partial charge >= 0.3 is 0 Å². The SMILES string of the molecule is CCCCNC(=O)c1nc(C(=O)Nc2ccc(N(C)C)cc2)n2c1CCCC2. The van der Waals surface area contributed by atoms with Crippen LogP contribution in [0, 0.1) is 0 Å². The van der Waals surface area contributed by atoms with Gasteiger partial charge in [0.25, 0.3) is 11.8 Å². The number of hydrogen-bond acceptors (Lipinski definition) is 4. The van der Waals surface area contributed by atoms with Gasteiger partial charge in [0, 0.05) is 38.6 Å². The minimum atomic E-state index is -0.284. The summed E-state index contributed by atoms with van der Waals surface area (Å²) < 4.78 is 1.90. The molecule has 1 aliphatic heterocycles. The molecule has 0 atom stereocenters. The van der Waals surface area contributed by atoms with Crippen LogP contribution in [-0.2, 0) is 13.0 Å². The second-order valence-corrected chi connectivity index (χ2v) is 7.34. The average molecular weight is 383 g/mol. The molecule has 0 spiro atoms. The number of carbonyl (C=O) groups is 2.